The highest BCUT2D eigenvalue weighted by molar-refractivity contribution is 6.99. The van der Waals surface area contributed by atoms with Crippen LogP contribution in [0.2, 0.25) is 0 Å². The summed E-state index contributed by atoms with van der Waals surface area (Å²) in [6.07, 6.45) is 5.15. The lowest BCUT2D eigenvalue weighted by molar-refractivity contribution is 0.469. The highest BCUT2D eigenvalue weighted by Crippen LogP contribution is 2.08. The summed E-state index contributed by atoms with van der Waals surface area (Å²) in [4.78, 5) is 0. The summed E-state index contributed by atoms with van der Waals surface area (Å²) in [5.74, 6) is 0. The van der Waals surface area contributed by atoms with Gasteiger partial charge in [-0.2, -0.15) is 8.75 Å². The van der Waals surface area contributed by atoms with Crippen LogP contribution in [-0.4, -0.2) is 8.75 Å². The fourth-order valence-corrected chi connectivity index (χ4v) is 1.16. The van der Waals surface area contributed by atoms with Crippen LogP contribution in [0, 0.1) is 12.3 Å². The highest BCUT2D eigenvalue weighted by Gasteiger charge is 1.96. The third kappa shape index (κ3) is 9.60. The van der Waals surface area contributed by atoms with E-state index in [1.807, 2.05) is 13.0 Å². The molecule has 0 N–H and O–H groups in total. The van der Waals surface area contributed by atoms with Gasteiger partial charge in [0.05, 0.1) is 23.1 Å². The molecule has 0 saturated heterocycles. The van der Waals surface area contributed by atoms with Gasteiger partial charge >= 0.3 is 0 Å². The number of rotatable bonds is 2. The van der Waals surface area contributed by atoms with Crippen LogP contribution in [0.3, 0.4) is 0 Å². The average molecular weight is 226 g/mol. The van der Waals surface area contributed by atoms with Gasteiger partial charge in [-0.3, -0.25) is 0 Å². The van der Waals surface area contributed by atoms with Crippen molar-refractivity contribution >= 4 is 17.8 Å². The van der Waals surface area contributed by atoms with Crippen LogP contribution in [0.5, 0.6) is 0 Å². The molecule has 0 aliphatic heterocycles. The largest absolute Gasteiger partial charge is 0.178 e. The fraction of sp³-hybridized carbons (Fsp3) is 0.667. The standard InChI is InChI=1S/C7H10N2S.C5H12/c1-3-4-5-7-6(2)8-10-9-7;1-5(2,3)4/h4-5H,3H2,1-2H3;1-4H3/b5-4-;. The first kappa shape index (κ1) is 14.3. The summed E-state index contributed by atoms with van der Waals surface area (Å²) in [6.45, 7) is 12.8. The molecule has 1 heterocycles. The van der Waals surface area contributed by atoms with Crippen molar-refractivity contribution in [2.24, 2.45) is 5.41 Å². The van der Waals surface area contributed by atoms with Crippen LogP contribution in [0.25, 0.3) is 6.08 Å². The van der Waals surface area contributed by atoms with Gasteiger partial charge in [0.1, 0.15) is 0 Å². The lowest BCUT2D eigenvalue weighted by Crippen LogP contribution is -1.93. The molecule has 0 radical (unpaired) electrons. The van der Waals surface area contributed by atoms with E-state index in [1.165, 1.54) is 11.7 Å². The van der Waals surface area contributed by atoms with Crippen LogP contribution in [0.15, 0.2) is 6.08 Å². The predicted octanol–water partition coefficient (Wildman–Crippen LogP) is 4.32. The highest BCUT2D eigenvalue weighted by atomic mass is 32.1. The number of hydrogen-bond donors (Lipinski definition) is 0. The summed E-state index contributed by atoms with van der Waals surface area (Å²) >= 11 is 1.27. The Hall–Kier alpha value is -0.700. The molecule has 0 fully saturated rings. The second-order valence-corrected chi connectivity index (χ2v) is 5.57. The summed E-state index contributed by atoms with van der Waals surface area (Å²) in [6, 6.07) is 0. The van der Waals surface area contributed by atoms with Gasteiger partial charge in [0.2, 0.25) is 0 Å². The van der Waals surface area contributed by atoms with E-state index >= 15 is 0 Å². The quantitative estimate of drug-likeness (QED) is 0.750. The summed E-state index contributed by atoms with van der Waals surface area (Å²) in [5, 5.41) is 0. The molecule has 1 aromatic heterocycles. The van der Waals surface area contributed by atoms with Crippen molar-refractivity contribution in [1.82, 2.24) is 8.75 Å². The molecule has 15 heavy (non-hydrogen) atoms. The Bertz CT molecular complexity index is 289. The van der Waals surface area contributed by atoms with Gasteiger partial charge in [-0.15, -0.1) is 0 Å². The van der Waals surface area contributed by atoms with E-state index < -0.39 is 0 Å². The summed E-state index contributed by atoms with van der Waals surface area (Å²) < 4.78 is 8.15. The Labute approximate surface area is 97.8 Å². The fourth-order valence-electron chi connectivity index (χ4n) is 0.619. The van der Waals surface area contributed by atoms with E-state index in [-0.39, 0.29) is 0 Å². The van der Waals surface area contributed by atoms with Crippen LogP contribution >= 0.6 is 11.7 Å². The Morgan fingerprint density at radius 1 is 1.20 bits per heavy atom. The van der Waals surface area contributed by atoms with E-state index in [2.05, 4.69) is 49.4 Å². The van der Waals surface area contributed by atoms with Gasteiger partial charge in [0, 0.05) is 0 Å². The van der Waals surface area contributed by atoms with Gasteiger partial charge in [-0.05, 0) is 24.8 Å². The Kier molecular flexibility index (Phi) is 6.41. The minimum atomic E-state index is 0.500. The average Bonchev–Trinajstić information content (AvgIpc) is 2.45. The number of hydrogen-bond acceptors (Lipinski definition) is 3. The Balaban J connectivity index is 0.000000336. The molecule has 3 heteroatoms. The van der Waals surface area contributed by atoms with Gasteiger partial charge < -0.3 is 0 Å². The third-order valence-corrected chi connectivity index (χ3v) is 1.83. The Morgan fingerprint density at radius 2 is 1.73 bits per heavy atom. The van der Waals surface area contributed by atoms with Crippen molar-refractivity contribution in [2.75, 3.05) is 0 Å². The number of allylic oxidation sites excluding steroid dienone is 1. The smallest absolute Gasteiger partial charge is 0.0995 e. The molecule has 0 aliphatic rings. The van der Waals surface area contributed by atoms with Crippen molar-refractivity contribution < 1.29 is 0 Å². The maximum atomic E-state index is 4.10. The minimum absolute atomic E-state index is 0.500. The maximum absolute atomic E-state index is 4.10. The summed E-state index contributed by atoms with van der Waals surface area (Å²) in [5.41, 5.74) is 2.53. The first-order chi connectivity index (χ1) is 6.84. The van der Waals surface area contributed by atoms with Crippen LogP contribution < -0.4 is 0 Å². The molecule has 0 unspecified atom stereocenters. The predicted molar refractivity (Wildman–Crippen MR) is 69.1 cm³/mol. The van der Waals surface area contributed by atoms with Gasteiger partial charge in [-0.1, -0.05) is 40.7 Å². The van der Waals surface area contributed by atoms with E-state index in [9.17, 15) is 0 Å². The molecule has 1 aromatic rings. The van der Waals surface area contributed by atoms with Gasteiger partial charge in [0.25, 0.3) is 0 Å². The van der Waals surface area contributed by atoms with Crippen molar-refractivity contribution in [3.63, 3.8) is 0 Å². The van der Waals surface area contributed by atoms with Crippen LogP contribution in [-0.2, 0) is 0 Å². The van der Waals surface area contributed by atoms with Crippen LogP contribution in [0.4, 0.5) is 0 Å². The monoisotopic (exact) mass is 226 g/mol. The third-order valence-electron chi connectivity index (χ3n) is 1.20. The number of nitrogens with zero attached hydrogens (tertiary/aromatic N) is 2. The molecule has 0 aromatic carbocycles. The van der Waals surface area contributed by atoms with E-state index in [0.717, 1.165) is 17.8 Å². The zero-order valence-electron chi connectivity index (χ0n) is 10.7. The summed E-state index contributed by atoms with van der Waals surface area (Å²) in [7, 11) is 0. The molecule has 0 aliphatic carbocycles. The van der Waals surface area contributed by atoms with Crippen LogP contribution in [0.1, 0.15) is 52.4 Å². The second kappa shape index (κ2) is 6.72. The van der Waals surface area contributed by atoms with Gasteiger partial charge in [-0.25, -0.2) is 0 Å². The van der Waals surface area contributed by atoms with E-state index in [1.54, 1.807) is 0 Å². The minimum Gasteiger partial charge on any atom is -0.178 e. The lowest BCUT2D eigenvalue weighted by atomic mass is 10.0. The number of aryl methyl sites for hydroxylation is 1. The zero-order valence-corrected chi connectivity index (χ0v) is 11.5. The Morgan fingerprint density at radius 3 is 2.07 bits per heavy atom. The molecule has 1 rings (SSSR count). The van der Waals surface area contributed by atoms with E-state index in [0.29, 0.717) is 5.41 Å². The first-order valence-electron chi connectivity index (χ1n) is 5.30. The molecule has 0 spiro atoms. The first-order valence-corrected chi connectivity index (χ1v) is 6.03. The topological polar surface area (TPSA) is 25.8 Å². The van der Waals surface area contributed by atoms with Crippen molar-refractivity contribution in [2.45, 2.75) is 48.0 Å². The SMILES string of the molecule is CC(C)(C)C.CC/C=C\c1nsnc1C. The van der Waals surface area contributed by atoms with Crippen molar-refractivity contribution in [3.05, 3.63) is 17.5 Å². The molecule has 0 saturated carbocycles. The van der Waals surface area contributed by atoms with Crippen molar-refractivity contribution in [1.29, 1.82) is 0 Å². The van der Waals surface area contributed by atoms with Gasteiger partial charge in [0.15, 0.2) is 0 Å². The number of aromatic nitrogens is 2. The van der Waals surface area contributed by atoms with E-state index in [4.69, 9.17) is 0 Å². The lowest BCUT2D eigenvalue weighted by Gasteiger charge is -2.05. The second-order valence-electron chi connectivity index (χ2n) is 5.05. The maximum Gasteiger partial charge on any atom is 0.0995 e. The normalized spacial score (nSPS) is 11.3. The molecular formula is C12H22N2S. The molecule has 0 atom stereocenters. The molecule has 0 amide bonds. The molecule has 0 bridgehead atoms. The molecular weight excluding hydrogens is 204 g/mol. The van der Waals surface area contributed by atoms with Crippen molar-refractivity contribution in [3.8, 4) is 0 Å². The zero-order chi connectivity index (χ0) is 11.9. The molecule has 86 valence electrons. The molecule has 2 nitrogen and oxygen atoms in total.